The lowest BCUT2D eigenvalue weighted by Gasteiger charge is -2.25. The van der Waals surface area contributed by atoms with Crippen molar-refractivity contribution in [1.82, 2.24) is 4.57 Å². The number of carbonyl (C=O) groups excluding carboxylic acids is 2. The highest BCUT2D eigenvalue weighted by Crippen LogP contribution is 2.39. The third-order valence-electron chi connectivity index (χ3n) is 7.04. The Kier molecular flexibility index (Phi) is 6.63. The highest BCUT2D eigenvalue weighted by atomic mass is 32.1. The number of esters is 1. The van der Waals surface area contributed by atoms with Crippen LogP contribution in [0.1, 0.15) is 43.9 Å². The van der Waals surface area contributed by atoms with Gasteiger partial charge in [0.1, 0.15) is 4.53 Å². The summed E-state index contributed by atoms with van der Waals surface area (Å²) in [6.45, 7) is 8.10. The molecule has 10 heteroatoms. The van der Waals surface area contributed by atoms with Gasteiger partial charge in [-0.2, -0.15) is 0 Å². The Bertz CT molecular complexity index is 1780. The van der Waals surface area contributed by atoms with Crippen LogP contribution in [0, 0.1) is 0 Å². The van der Waals surface area contributed by atoms with Crippen LogP contribution in [0.4, 0.5) is 5.69 Å². The third kappa shape index (κ3) is 3.98. The molecule has 1 atom stereocenters. The normalized spacial score (nSPS) is 18.4. The second-order valence-electron chi connectivity index (χ2n) is 9.44. The quantitative estimate of drug-likeness (QED) is 0.327. The third-order valence-corrected chi connectivity index (χ3v) is 8.10. The molecule has 4 heterocycles. The van der Waals surface area contributed by atoms with Crippen molar-refractivity contribution >= 4 is 34.5 Å². The standard InChI is InChI=1S/C30H27N3O6S/c1-4-9-19-24(29(36)37-6-3)25(17-12-13-21-22(15-17)39-16-38-21)33-28(35)26(40-30(33)31-19)23-18-10-7-8-11-20(18)32(14-5-2)27(23)34/h5,7-8,10-13,15,25H,2,4,6,9,14,16H2,1,3H3/b26-23+/t25-/m1/s1. The summed E-state index contributed by atoms with van der Waals surface area (Å²) in [7, 11) is 0. The van der Waals surface area contributed by atoms with Crippen LogP contribution in [0.15, 0.2) is 76.2 Å². The van der Waals surface area contributed by atoms with Crippen molar-refractivity contribution in [2.24, 2.45) is 4.99 Å². The topological polar surface area (TPSA) is 99.4 Å². The van der Waals surface area contributed by atoms with Crippen molar-refractivity contribution < 1.29 is 23.8 Å². The van der Waals surface area contributed by atoms with Crippen LogP contribution >= 0.6 is 11.3 Å². The molecule has 0 unspecified atom stereocenters. The number of para-hydroxylation sites is 1. The average Bonchev–Trinajstić information content (AvgIpc) is 3.62. The van der Waals surface area contributed by atoms with Crippen molar-refractivity contribution in [1.29, 1.82) is 0 Å². The molecule has 0 bridgehead atoms. The number of rotatable bonds is 7. The van der Waals surface area contributed by atoms with Crippen LogP contribution in [-0.4, -0.2) is 36.4 Å². The number of benzene rings is 2. The summed E-state index contributed by atoms with van der Waals surface area (Å²) in [6, 6.07) is 11.9. The predicted octanol–water partition coefficient (Wildman–Crippen LogP) is 3.21. The summed E-state index contributed by atoms with van der Waals surface area (Å²) in [5.74, 6) is 0.308. The van der Waals surface area contributed by atoms with E-state index in [1.54, 1.807) is 30.0 Å². The maximum Gasteiger partial charge on any atom is 0.338 e. The first-order valence-electron chi connectivity index (χ1n) is 13.1. The van der Waals surface area contributed by atoms with E-state index in [4.69, 9.17) is 19.2 Å². The molecule has 0 N–H and O–H groups in total. The van der Waals surface area contributed by atoms with E-state index in [-0.39, 0.29) is 23.8 Å². The monoisotopic (exact) mass is 557 g/mol. The molecule has 0 saturated carbocycles. The number of fused-ring (bicyclic) bond motifs is 3. The van der Waals surface area contributed by atoms with Crippen molar-refractivity contribution in [3.63, 3.8) is 0 Å². The van der Waals surface area contributed by atoms with Crippen LogP contribution in [-0.2, 0) is 14.3 Å². The highest BCUT2D eigenvalue weighted by Gasteiger charge is 2.38. The summed E-state index contributed by atoms with van der Waals surface area (Å²) in [5, 5.41) is 0. The Morgan fingerprint density at radius 3 is 2.75 bits per heavy atom. The fourth-order valence-electron chi connectivity index (χ4n) is 5.38. The second kappa shape index (κ2) is 10.3. The van der Waals surface area contributed by atoms with E-state index in [0.717, 1.165) is 23.4 Å². The Morgan fingerprint density at radius 1 is 1.18 bits per heavy atom. The van der Waals surface area contributed by atoms with Crippen molar-refractivity contribution in [2.45, 2.75) is 32.7 Å². The van der Waals surface area contributed by atoms with Gasteiger partial charge in [-0.1, -0.05) is 55.0 Å². The van der Waals surface area contributed by atoms with Gasteiger partial charge in [0.25, 0.3) is 11.5 Å². The zero-order chi connectivity index (χ0) is 28.0. The van der Waals surface area contributed by atoms with Crippen LogP contribution in [0.3, 0.4) is 0 Å². The molecule has 6 rings (SSSR count). The molecule has 40 heavy (non-hydrogen) atoms. The molecule has 1 aromatic heterocycles. The molecule has 204 valence electrons. The minimum absolute atomic E-state index is 0.0926. The Balaban J connectivity index is 1.65. The molecule has 0 saturated heterocycles. The van der Waals surface area contributed by atoms with Crippen LogP contribution in [0.25, 0.3) is 5.57 Å². The number of amides is 1. The zero-order valence-electron chi connectivity index (χ0n) is 22.1. The Morgan fingerprint density at radius 2 is 1.98 bits per heavy atom. The van der Waals surface area contributed by atoms with Gasteiger partial charge in [0.15, 0.2) is 16.3 Å². The van der Waals surface area contributed by atoms with E-state index in [1.165, 1.54) is 4.57 Å². The van der Waals surface area contributed by atoms with E-state index in [0.29, 0.717) is 57.2 Å². The number of hydrogen-bond donors (Lipinski definition) is 0. The van der Waals surface area contributed by atoms with E-state index < -0.39 is 17.6 Å². The van der Waals surface area contributed by atoms with Gasteiger partial charge in [-0.25, -0.2) is 9.79 Å². The van der Waals surface area contributed by atoms with Gasteiger partial charge < -0.3 is 19.1 Å². The first-order chi connectivity index (χ1) is 19.5. The van der Waals surface area contributed by atoms with Gasteiger partial charge in [0.05, 0.1) is 35.2 Å². The maximum absolute atomic E-state index is 14.3. The molecule has 0 spiro atoms. The number of allylic oxidation sites excluding steroid dienone is 1. The predicted molar refractivity (Wildman–Crippen MR) is 150 cm³/mol. The SMILES string of the molecule is C=CCN1C(=O)/C(=c2/sc3n(c2=O)[C@H](c2ccc4c(c2)OCO4)C(C(=O)OCC)=C(CCC)N=3)c2ccccc21. The minimum Gasteiger partial charge on any atom is -0.463 e. The molecule has 3 aliphatic heterocycles. The summed E-state index contributed by atoms with van der Waals surface area (Å²) in [6.07, 6.45) is 2.90. The zero-order valence-corrected chi connectivity index (χ0v) is 23.0. The van der Waals surface area contributed by atoms with E-state index in [1.807, 2.05) is 37.3 Å². The number of hydrogen-bond acceptors (Lipinski definition) is 8. The Labute approximate surface area is 233 Å². The van der Waals surface area contributed by atoms with Crippen LogP contribution in [0.2, 0.25) is 0 Å². The van der Waals surface area contributed by atoms with Gasteiger partial charge in [-0.3, -0.25) is 14.2 Å². The second-order valence-corrected chi connectivity index (χ2v) is 10.4. The average molecular weight is 558 g/mol. The van der Waals surface area contributed by atoms with Crippen molar-refractivity contribution in [3.05, 3.63) is 97.2 Å². The van der Waals surface area contributed by atoms with Gasteiger partial charge in [0.2, 0.25) is 6.79 Å². The molecular formula is C30H27N3O6S. The number of anilines is 1. The molecule has 9 nitrogen and oxygen atoms in total. The molecule has 1 amide bonds. The highest BCUT2D eigenvalue weighted by molar-refractivity contribution is 7.07. The molecule has 0 radical (unpaired) electrons. The number of ether oxygens (including phenoxy) is 3. The van der Waals surface area contributed by atoms with Gasteiger partial charge in [0, 0.05) is 12.1 Å². The van der Waals surface area contributed by atoms with E-state index >= 15 is 0 Å². The lowest BCUT2D eigenvalue weighted by Crippen LogP contribution is -2.41. The largest absolute Gasteiger partial charge is 0.463 e. The summed E-state index contributed by atoms with van der Waals surface area (Å²) < 4.78 is 18.3. The van der Waals surface area contributed by atoms with E-state index in [9.17, 15) is 14.4 Å². The summed E-state index contributed by atoms with van der Waals surface area (Å²) >= 11 is 1.16. The fourth-order valence-corrected chi connectivity index (χ4v) is 6.49. The van der Waals surface area contributed by atoms with Crippen molar-refractivity contribution in [3.8, 4) is 11.5 Å². The molecule has 3 aromatic rings. The number of nitrogens with zero attached hydrogens (tertiary/aromatic N) is 3. The van der Waals surface area contributed by atoms with Crippen LogP contribution in [0.5, 0.6) is 11.5 Å². The molecule has 0 aliphatic carbocycles. The van der Waals surface area contributed by atoms with Gasteiger partial charge >= 0.3 is 5.97 Å². The number of carbonyl (C=O) groups is 2. The summed E-state index contributed by atoms with van der Waals surface area (Å²) in [5.41, 5.74) is 2.84. The lowest BCUT2D eigenvalue weighted by atomic mass is 9.94. The lowest BCUT2D eigenvalue weighted by molar-refractivity contribution is -0.139. The Hall–Kier alpha value is -4.44. The first kappa shape index (κ1) is 25.8. The van der Waals surface area contributed by atoms with E-state index in [2.05, 4.69) is 6.58 Å². The fraction of sp³-hybridized carbons (Fsp3) is 0.267. The summed E-state index contributed by atoms with van der Waals surface area (Å²) in [4.78, 5) is 48.2. The molecular weight excluding hydrogens is 530 g/mol. The maximum atomic E-state index is 14.3. The number of thiazole rings is 1. The van der Waals surface area contributed by atoms with Gasteiger partial charge in [-0.05, 0) is 37.1 Å². The smallest absolute Gasteiger partial charge is 0.338 e. The van der Waals surface area contributed by atoms with Gasteiger partial charge in [-0.15, -0.1) is 6.58 Å². The first-order valence-corrected chi connectivity index (χ1v) is 14.0. The minimum atomic E-state index is -0.822. The molecule has 3 aliphatic rings. The molecule has 0 fully saturated rings. The number of aromatic nitrogens is 1. The van der Waals surface area contributed by atoms with Crippen molar-refractivity contribution in [2.75, 3.05) is 24.8 Å². The van der Waals surface area contributed by atoms with Crippen LogP contribution < -0.4 is 29.3 Å². The molecule has 2 aromatic carbocycles.